The highest BCUT2D eigenvalue weighted by Crippen LogP contribution is 2.07. The molecule has 0 radical (unpaired) electrons. The van der Waals surface area contributed by atoms with Gasteiger partial charge in [-0.15, -0.1) is 0 Å². The molecule has 1 rings (SSSR count). The zero-order valence-electron chi connectivity index (χ0n) is 5.85. The lowest BCUT2D eigenvalue weighted by atomic mass is 10.1. The summed E-state index contributed by atoms with van der Waals surface area (Å²) in [4.78, 5) is 0. The van der Waals surface area contributed by atoms with Crippen LogP contribution in [0.4, 0.5) is 0 Å². The highest BCUT2D eigenvalue weighted by molar-refractivity contribution is 5.21. The largest absolute Gasteiger partial charge is 0.387 e. The first-order chi connectivity index (χ1) is 4.43. The standard InChI is InChI=1S/C8H13N/c1-2-3-8-4-6-9-7-5-8/h4-6,9H,2-3,7H2,1H3. The third-order valence-electron chi connectivity index (χ3n) is 1.44. The predicted molar refractivity (Wildman–Crippen MR) is 40.1 cm³/mol. The summed E-state index contributed by atoms with van der Waals surface area (Å²) in [5, 5.41) is 3.12. The van der Waals surface area contributed by atoms with Gasteiger partial charge >= 0.3 is 0 Å². The van der Waals surface area contributed by atoms with E-state index in [4.69, 9.17) is 0 Å². The Balaban J connectivity index is 2.38. The van der Waals surface area contributed by atoms with E-state index in [1.54, 1.807) is 0 Å². The van der Waals surface area contributed by atoms with Gasteiger partial charge in [0, 0.05) is 6.54 Å². The fraction of sp³-hybridized carbons (Fsp3) is 0.500. The first-order valence-corrected chi connectivity index (χ1v) is 3.52. The van der Waals surface area contributed by atoms with Crippen LogP contribution in [-0.4, -0.2) is 6.54 Å². The molecular formula is C8H13N. The molecule has 0 amide bonds. The Labute approximate surface area is 56.5 Å². The highest BCUT2D eigenvalue weighted by Gasteiger charge is 1.92. The van der Waals surface area contributed by atoms with Gasteiger partial charge in [0.25, 0.3) is 0 Å². The second-order valence-electron chi connectivity index (χ2n) is 2.27. The average Bonchev–Trinajstić information content (AvgIpc) is 1.91. The van der Waals surface area contributed by atoms with Crippen molar-refractivity contribution in [3.05, 3.63) is 23.9 Å². The lowest BCUT2D eigenvalue weighted by molar-refractivity contribution is 0.881. The summed E-state index contributed by atoms with van der Waals surface area (Å²) >= 11 is 0. The van der Waals surface area contributed by atoms with Gasteiger partial charge in [-0.3, -0.25) is 0 Å². The van der Waals surface area contributed by atoms with Crippen molar-refractivity contribution in [1.29, 1.82) is 0 Å². The fourth-order valence-corrected chi connectivity index (χ4v) is 0.966. The van der Waals surface area contributed by atoms with E-state index in [1.807, 2.05) is 6.20 Å². The van der Waals surface area contributed by atoms with Crippen molar-refractivity contribution in [1.82, 2.24) is 5.32 Å². The van der Waals surface area contributed by atoms with E-state index >= 15 is 0 Å². The molecule has 50 valence electrons. The van der Waals surface area contributed by atoms with Gasteiger partial charge in [0.15, 0.2) is 0 Å². The van der Waals surface area contributed by atoms with E-state index in [-0.39, 0.29) is 0 Å². The van der Waals surface area contributed by atoms with Gasteiger partial charge in [-0.25, -0.2) is 0 Å². The smallest absolute Gasteiger partial charge is 0.0330 e. The van der Waals surface area contributed by atoms with Gasteiger partial charge in [0.2, 0.25) is 0 Å². The molecule has 1 heterocycles. The van der Waals surface area contributed by atoms with Gasteiger partial charge in [0.05, 0.1) is 0 Å². The molecule has 0 aromatic heterocycles. The first-order valence-electron chi connectivity index (χ1n) is 3.52. The third kappa shape index (κ3) is 1.92. The molecule has 1 N–H and O–H groups in total. The van der Waals surface area contributed by atoms with Gasteiger partial charge in [-0.2, -0.15) is 0 Å². The van der Waals surface area contributed by atoms with E-state index < -0.39 is 0 Å². The van der Waals surface area contributed by atoms with Crippen molar-refractivity contribution in [2.24, 2.45) is 0 Å². The van der Waals surface area contributed by atoms with E-state index in [1.165, 1.54) is 18.4 Å². The second kappa shape index (κ2) is 3.33. The van der Waals surface area contributed by atoms with Crippen LogP contribution in [0, 0.1) is 0 Å². The maximum Gasteiger partial charge on any atom is 0.0330 e. The minimum atomic E-state index is 1.01. The molecule has 0 fully saturated rings. The quantitative estimate of drug-likeness (QED) is 0.590. The van der Waals surface area contributed by atoms with Crippen molar-refractivity contribution < 1.29 is 0 Å². The molecule has 0 aromatic rings. The third-order valence-corrected chi connectivity index (χ3v) is 1.44. The Morgan fingerprint density at radius 2 is 2.56 bits per heavy atom. The zero-order valence-corrected chi connectivity index (χ0v) is 5.85. The van der Waals surface area contributed by atoms with Crippen molar-refractivity contribution in [2.45, 2.75) is 19.8 Å². The predicted octanol–water partition coefficient (Wildman–Crippen LogP) is 1.83. The van der Waals surface area contributed by atoms with Gasteiger partial charge in [-0.1, -0.05) is 19.4 Å². The summed E-state index contributed by atoms with van der Waals surface area (Å²) < 4.78 is 0. The van der Waals surface area contributed by atoms with Crippen molar-refractivity contribution >= 4 is 0 Å². The number of allylic oxidation sites excluding steroid dienone is 2. The maximum absolute atomic E-state index is 3.12. The average molecular weight is 123 g/mol. The summed E-state index contributed by atoms with van der Waals surface area (Å²) in [6.07, 6.45) is 8.87. The van der Waals surface area contributed by atoms with Crippen LogP contribution in [0.1, 0.15) is 19.8 Å². The topological polar surface area (TPSA) is 12.0 Å². The summed E-state index contributed by atoms with van der Waals surface area (Å²) in [6.45, 7) is 3.21. The normalized spacial score (nSPS) is 16.8. The van der Waals surface area contributed by atoms with Gasteiger partial charge < -0.3 is 5.32 Å². The molecule has 0 saturated heterocycles. The highest BCUT2D eigenvalue weighted by atomic mass is 14.8. The lowest BCUT2D eigenvalue weighted by Crippen LogP contribution is -2.08. The first kappa shape index (κ1) is 6.40. The molecule has 0 saturated carbocycles. The monoisotopic (exact) mass is 123 g/mol. The van der Waals surface area contributed by atoms with Crippen LogP contribution < -0.4 is 5.32 Å². The second-order valence-corrected chi connectivity index (χ2v) is 2.27. The number of nitrogens with one attached hydrogen (secondary N) is 1. The summed E-state index contributed by atoms with van der Waals surface area (Å²) in [5.41, 5.74) is 1.47. The van der Waals surface area contributed by atoms with Crippen LogP contribution in [0.5, 0.6) is 0 Å². The molecule has 0 spiro atoms. The van der Waals surface area contributed by atoms with Crippen LogP contribution in [0.2, 0.25) is 0 Å². The minimum Gasteiger partial charge on any atom is -0.387 e. The molecule has 1 nitrogen and oxygen atoms in total. The molecule has 0 aromatic carbocycles. The molecule has 9 heavy (non-hydrogen) atoms. The summed E-state index contributed by atoms with van der Waals surface area (Å²) in [6, 6.07) is 0. The molecule has 1 aliphatic rings. The van der Waals surface area contributed by atoms with Crippen LogP contribution in [0.25, 0.3) is 0 Å². The summed E-state index contributed by atoms with van der Waals surface area (Å²) in [7, 11) is 0. The number of hydrogen-bond donors (Lipinski definition) is 1. The van der Waals surface area contributed by atoms with Crippen molar-refractivity contribution in [3.63, 3.8) is 0 Å². The zero-order chi connectivity index (χ0) is 6.53. The van der Waals surface area contributed by atoms with Crippen LogP contribution >= 0.6 is 0 Å². The lowest BCUT2D eigenvalue weighted by Gasteiger charge is -2.05. The number of dihydropyridines is 1. The Hall–Kier alpha value is -0.720. The fourth-order valence-electron chi connectivity index (χ4n) is 0.966. The van der Waals surface area contributed by atoms with Gasteiger partial charge in [0.1, 0.15) is 0 Å². The summed E-state index contributed by atoms with van der Waals surface area (Å²) in [5.74, 6) is 0. The van der Waals surface area contributed by atoms with E-state index in [9.17, 15) is 0 Å². The van der Waals surface area contributed by atoms with E-state index in [0.717, 1.165) is 6.54 Å². The van der Waals surface area contributed by atoms with E-state index in [2.05, 4.69) is 24.4 Å². The minimum absolute atomic E-state index is 1.01. The maximum atomic E-state index is 3.12. The van der Waals surface area contributed by atoms with Crippen molar-refractivity contribution in [2.75, 3.05) is 6.54 Å². The SMILES string of the molecule is CCCC1=CCNC=C1. The molecule has 0 aliphatic carbocycles. The molecule has 1 heteroatoms. The number of hydrogen-bond acceptors (Lipinski definition) is 1. The Morgan fingerprint density at radius 3 is 3.11 bits per heavy atom. The van der Waals surface area contributed by atoms with Gasteiger partial charge in [-0.05, 0) is 24.3 Å². The van der Waals surface area contributed by atoms with Crippen LogP contribution in [-0.2, 0) is 0 Å². The molecule has 1 aliphatic heterocycles. The Morgan fingerprint density at radius 1 is 1.67 bits per heavy atom. The van der Waals surface area contributed by atoms with Crippen LogP contribution in [0.3, 0.4) is 0 Å². The Bertz CT molecular complexity index is 134. The Kier molecular flexibility index (Phi) is 2.37. The molecular weight excluding hydrogens is 110 g/mol. The number of rotatable bonds is 2. The molecule has 0 unspecified atom stereocenters. The molecule has 0 bridgehead atoms. The molecule has 0 atom stereocenters. The van der Waals surface area contributed by atoms with Crippen molar-refractivity contribution in [3.8, 4) is 0 Å². The van der Waals surface area contributed by atoms with E-state index in [0.29, 0.717) is 0 Å². The van der Waals surface area contributed by atoms with Crippen LogP contribution in [0.15, 0.2) is 23.9 Å².